The zero-order valence-corrected chi connectivity index (χ0v) is 10.6. The van der Waals surface area contributed by atoms with Crippen molar-refractivity contribution >= 4 is 0 Å². The molecule has 4 atom stereocenters. The van der Waals surface area contributed by atoms with Crippen molar-refractivity contribution in [3.8, 4) is 0 Å². The van der Waals surface area contributed by atoms with Crippen molar-refractivity contribution < 1.29 is 4.74 Å². The van der Waals surface area contributed by atoms with Gasteiger partial charge in [-0.2, -0.15) is 0 Å². The Morgan fingerprint density at radius 2 is 2.20 bits per heavy atom. The highest BCUT2D eigenvalue weighted by Gasteiger charge is 2.43. The Morgan fingerprint density at radius 1 is 1.40 bits per heavy atom. The number of unbranched alkanes of at least 4 members (excludes halogenated alkanes) is 1. The first-order valence-electron chi connectivity index (χ1n) is 6.76. The van der Waals surface area contributed by atoms with Crippen molar-refractivity contribution in [2.45, 2.75) is 65.4 Å². The second-order valence-corrected chi connectivity index (χ2v) is 6.17. The van der Waals surface area contributed by atoms with E-state index in [9.17, 15) is 0 Å². The molecule has 2 rings (SSSR count). The summed E-state index contributed by atoms with van der Waals surface area (Å²) in [4.78, 5) is 0. The molecule has 0 spiro atoms. The van der Waals surface area contributed by atoms with Crippen molar-refractivity contribution in [2.24, 2.45) is 17.3 Å². The second kappa shape index (κ2) is 4.45. The molecule has 1 heteroatoms. The summed E-state index contributed by atoms with van der Waals surface area (Å²) in [5.74, 6) is 1.69. The quantitative estimate of drug-likeness (QED) is 0.683. The normalized spacial score (nSPS) is 45.4. The fourth-order valence-corrected chi connectivity index (χ4v) is 3.50. The highest BCUT2D eigenvalue weighted by Crippen LogP contribution is 2.48. The molecule has 15 heavy (non-hydrogen) atoms. The number of hydrogen-bond donors (Lipinski definition) is 0. The number of ether oxygens (including phenoxy) is 1. The van der Waals surface area contributed by atoms with Gasteiger partial charge >= 0.3 is 0 Å². The van der Waals surface area contributed by atoms with E-state index in [1.807, 2.05) is 0 Å². The Labute approximate surface area is 94.6 Å². The van der Waals surface area contributed by atoms with Gasteiger partial charge in [0.05, 0.1) is 6.10 Å². The van der Waals surface area contributed by atoms with Crippen molar-refractivity contribution in [3.05, 3.63) is 0 Å². The molecule has 2 fully saturated rings. The van der Waals surface area contributed by atoms with Crippen LogP contribution in [0, 0.1) is 17.3 Å². The monoisotopic (exact) mass is 210 g/mol. The van der Waals surface area contributed by atoms with Crippen LogP contribution in [0.3, 0.4) is 0 Å². The van der Waals surface area contributed by atoms with Gasteiger partial charge in [-0.1, -0.05) is 33.6 Å². The fraction of sp³-hybridized carbons (Fsp3) is 1.00. The standard InChI is InChI=1S/C14H26O/c1-4-5-7-14(3)8-6-12-11(2)10-15-13(12)9-14/h11-13H,4-10H2,1-3H3/t11?,12-,13?,14?/m0/s1. The van der Waals surface area contributed by atoms with E-state index in [-0.39, 0.29) is 0 Å². The molecule has 1 saturated carbocycles. The van der Waals surface area contributed by atoms with Gasteiger partial charge in [0.1, 0.15) is 0 Å². The summed E-state index contributed by atoms with van der Waals surface area (Å²) in [6, 6.07) is 0. The van der Waals surface area contributed by atoms with Gasteiger partial charge in [0, 0.05) is 6.61 Å². The maximum Gasteiger partial charge on any atom is 0.0612 e. The summed E-state index contributed by atoms with van der Waals surface area (Å²) in [6.45, 7) is 8.15. The second-order valence-electron chi connectivity index (χ2n) is 6.17. The minimum Gasteiger partial charge on any atom is -0.378 e. The first kappa shape index (κ1) is 11.4. The predicted octanol–water partition coefficient (Wildman–Crippen LogP) is 4.02. The average Bonchev–Trinajstić information content (AvgIpc) is 2.57. The van der Waals surface area contributed by atoms with Gasteiger partial charge in [-0.05, 0) is 42.9 Å². The maximum absolute atomic E-state index is 5.94. The Balaban J connectivity index is 1.92. The Hall–Kier alpha value is -0.0400. The molecule has 0 aromatic carbocycles. The van der Waals surface area contributed by atoms with E-state index in [1.54, 1.807) is 0 Å². The lowest BCUT2D eigenvalue weighted by Crippen LogP contribution is -2.34. The highest BCUT2D eigenvalue weighted by molar-refractivity contribution is 4.92. The molecule has 1 aliphatic heterocycles. The third-order valence-corrected chi connectivity index (χ3v) is 4.69. The third-order valence-electron chi connectivity index (χ3n) is 4.69. The highest BCUT2D eigenvalue weighted by atomic mass is 16.5. The molecule has 0 radical (unpaired) electrons. The Morgan fingerprint density at radius 3 is 2.93 bits per heavy atom. The summed E-state index contributed by atoms with van der Waals surface area (Å²) >= 11 is 0. The Kier molecular flexibility index (Phi) is 3.39. The van der Waals surface area contributed by atoms with E-state index in [0.717, 1.165) is 18.4 Å². The number of hydrogen-bond acceptors (Lipinski definition) is 1. The lowest BCUT2D eigenvalue weighted by atomic mass is 9.66. The van der Waals surface area contributed by atoms with Crippen molar-refractivity contribution in [3.63, 3.8) is 0 Å². The minimum atomic E-state index is 0.585. The van der Waals surface area contributed by atoms with E-state index in [1.165, 1.54) is 38.5 Å². The molecule has 0 bridgehead atoms. The van der Waals surface area contributed by atoms with Crippen LogP contribution in [0.4, 0.5) is 0 Å². The fourth-order valence-electron chi connectivity index (χ4n) is 3.50. The van der Waals surface area contributed by atoms with Crippen LogP contribution in [-0.2, 0) is 4.74 Å². The number of rotatable bonds is 3. The molecular formula is C14H26O. The third kappa shape index (κ3) is 2.38. The molecule has 0 N–H and O–H groups in total. The first-order valence-corrected chi connectivity index (χ1v) is 6.76. The zero-order valence-electron chi connectivity index (χ0n) is 10.6. The predicted molar refractivity (Wildman–Crippen MR) is 63.9 cm³/mol. The van der Waals surface area contributed by atoms with Gasteiger partial charge in [0.15, 0.2) is 0 Å². The van der Waals surface area contributed by atoms with E-state index < -0.39 is 0 Å². The van der Waals surface area contributed by atoms with Crippen molar-refractivity contribution in [1.82, 2.24) is 0 Å². The van der Waals surface area contributed by atoms with Crippen LogP contribution in [-0.4, -0.2) is 12.7 Å². The molecule has 1 nitrogen and oxygen atoms in total. The van der Waals surface area contributed by atoms with Gasteiger partial charge in [-0.25, -0.2) is 0 Å². The van der Waals surface area contributed by atoms with Gasteiger partial charge in [-0.15, -0.1) is 0 Å². The van der Waals surface area contributed by atoms with Crippen LogP contribution in [0.1, 0.15) is 59.3 Å². The van der Waals surface area contributed by atoms with Crippen LogP contribution in [0.5, 0.6) is 0 Å². The largest absolute Gasteiger partial charge is 0.378 e. The van der Waals surface area contributed by atoms with E-state index >= 15 is 0 Å². The molecule has 1 aliphatic carbocycles. The van der Waals surface area contributed by atoms with E-state index in [2.05, 4.69) is 20.8 Å². The zero-order chi connectivity index (χ0) is 10.9. The number of fused-ring (bicyclic) bond motifs is 1. The summed E-state index contributed by atoms with van der Waals surface area (Å²) in [7, 11) is 0. The molecule has 3 unspecified atom stereocenters. The lowest BCUT2D eigenvalue weighted by molar-refractivity contribution is 0.00951. The molecule has 88 valence electrons. The average molecular weight is 210 g/mol. The summed E-state index contributed by atoms with van der Waals surface area (Å²) in [5, 5.41) is 0. The van der Waals surface area contributed by atoms with E-state index in [0.29, 0.717) is 11.5 Å². The van der Waals surface area contributed by atoms with Crippen LogP contribution in [0.15, 0.2) is 0 Å². The van der Waals surface area contributed by atoms with Crippen LogP contribution in [0.2, 0.25) is 0 Å². The molecule has 0 aromatic rings. The van der Waals surface area contributed by atoms with Crippen LogP contribution < -0.4 is 0 Å². The molecule has 2 aliphatic rings. The molecule has 1 saturated heterocycles. The van der Waals surface area contributed by atoms with Crippen molar-refractivity contribution in [2.75, 3.05) is 6.61 Å². The SMILES string of the molecule is CCCCC1(C)CC[C@H]2C(C)COC2C1. The first-order chi connectivity index (χ1) is 7.14. The Bertz CT molecular complexity index is 213. The van der Waals surface area contributed by atoms with Crippen LogP contribution >= 0.6 is 0 Å². The maximum atomic E-state index is 5.94. The van der Waals surface area contributed by atoms with E-state index in [4.69, 9.17) is 4.74 Å². The summed E-state index contributed by atoms with van der Waals surface area (Å²) in [5.41, 5.74) is 0.585. The molecule has 0 aromatic heterocycles. The smallest absolute Gasteiger partial charge is 0.0612 e. The van der Waals surface area contributed by atoms with Crippen LogP contribution in [0.25, 0.3) is 0 Å². The van der Waals surface area contributed by atoms with Gasteiger partial charge in [0.2, 0.25) is 0 Å². The molecule has 0 amide bonds. The summed E-state index contributed by atoms with van der Waals surface area (Å²) in [6.07, 6.45) is 8.89. The lowest BCUT2D eigenvalue weighted by Gasteiger charge is -2.40. The van der Waals surface area contributed by atoms with Gasteiger partial charge < -0.3 is 4.74 Å². The molecule has 1 heterocycles. The minimum absolute atomic E-state index is 0.585. The van der Waals surface area contributed by atoms with Gasteiger partial charge in [0.25, 0.3) is 0 Å². The summed E-state index contributed by atoms with van der Waals surface area (Å²) < 4.78 is 5.94. The van der Waals surface area contributed by atoms with Crippen molar-refractivity contribution in [1.29, 1.82) is 0 Å². The van der Waals surface area contributed by atoms with Gasteiger partial charge in [-0.3, -0.25) is 0 Å². The molecular weight excluding hydrogens is 184 g/mol. The topological polar surface area (TPSA) is 9.23 Å².